The Labute approximate surface area is 109 Å². The van der Waals surface area contributed by atoms with E-state index < -0.39 is 0 Å². The Bertz CT molecular complexity index is 395. The fourth-order valence-electron chi connectivity index (χ4n) is 2.15. The molecule has 1 aliphatic rings. The van der Waals surface area contributed by atoms with Gasteiger partial charge in [0.05, 0.1) is 0 Å². The van der Waals surface area contributed by atoms with Crippen LogP contribution >= 0.6 is 0 Å². The largest absolute Gasteiger partial charge is 0.352 e. The lowest BCUT2D eigenvalue weighted by Gasteiger charge is -2.11. The maximum absolute atomic E-state index is 11.8. The third-order valence-electron chi connectivity index (χ3n) is 3.67. The molecule has 0 aliphatic heterocycles. The zero-order valence-corrected chi connectivity index (χ0v) is 11.0. The molecule has 0 aromatic heterocycles. The molecule has 1 aromatic carbocycles. The Hall–Kier alpha value is -1.35. The van der Waals surface area contributed by atoms with Gasteiger partial charge in [0.2, 0.25) is 5.91 Å². The molecule has 0 saturated heterocycles. The van der Waals surface area contributed by atoms with Gasteiger partial charge in [-0.2, -0.15) is 0 Å². The van der Waals surface area contributed by atoms with Crippen LogP contribution in [0.1, 0.15) is 30.9 Å². The van der Waals surface area contributed by atoms with Crippen LogP contribution < -0.4 is 11.1 Å². The second-order valence-electron chi connectivity index (χ2n) is 5.20. The molecule has 1 unspecified atom stereocenters. The van der Waals surface area contributed by atoms with Gasteiger partial charge in [-0.25, -0.2) is 0 Å². The van der Waals surface area contributed by atoms with Gasteiger partial charge in [0.1, 0.15) is 0 Å². The van der Waals surface area contributed by atoms with Crippen molar-refractivity contribution in [1.29, 1.82) is 0 Å². The van der Waals surface area contributed by atoms with Crippen molar-refractivity contribution in [3.05, 3.63) is 35.4 Å². The molecule has 0 radical (unpaired) electrons. The standard InChI is InChI=1S/C15H22N2O/c1-11(14-6-7-14)15(18)17-10-13-4-2-12(3-5-13)8-9-16/h2-5,11,14H,6-10,16H2,1H3,(H,17,18). The first kappa shape index (κ1) is 13.1. The second kappa shape index (κ2) is 6.01. The predicted octanol–water partition coefficient (Wildman–Crippen LogP) is 1.85. The van der Waals surface area contributed by atoms with E-state index in [4.69, 9.17) is 5.73 Å². The highest BCUT2D eigenvalue weighted by Crippen LogP contribution is 2.36. The molecule has 18 heavy (non-hydrogen) atoms. The summed E-state index contributed by atoms with van der Waals surface area (Å²) in [6.07, 6.45) is 3.33. The maximum atomic E-state index is 11.8. The summed E-state index contributed by atoms with van der Waals surface area (Å²) in [7, 11) is 0. The van der Waals surface area contributed by atoms with Crippen molar-refractivity contribution >= 4 is 5.91 Å². The molecule has 1 fully saturated rings. The first-order valence-electron chi connectivity index (χ1n) is 6.76. The van der Waals surface area contributed by atoms with Crippen molar-refractivity contribution < 1.29 is 4.79 Å². The molecule has 2 rings (SSSR count). The minimum Gasteiger partial charge on any atom is -0.352 e. The van der Waals surface area contributed by atoms with Crippen LogP contribution in [0.5, 0.6) is 0 Å². The molecular weight excluding hydrogens is 224 g/mol. The number of hydrogen-bond acceptors (Lipinski definition) is 2. The average molecular weight is 246 g/mol. The highest BCUT2D eigenvalue weighted by atomic mass is 16.1. The molecule has 0 bridgehead atoms. The van der Waals surface area contributed by atoms with E-state index in [0.29, 0.717) is 19.0 Å². The zero-order chi connectivity index (χ0) is 13.0. The van der Waals surface area contributed by atoms with Crippen LogP contribution in [0.25, 0.3) is 0 Å². The number of nitrogens with one attached hydrogen (secondary N) is 1. The van der Waals surface area contributed by atoms with Crippen LogP contribution in [-0.4, -0.2) is 12.5 Å². The highest BCUT2D eigenvalue weighted by molar-refractivity contribution is 5.78. The highest BCUT2D eigenvalue weighted by Gasteiger charge is 2.32. The fourth-order valence-corrected chi connectivity index (χ4v) is 2.15. The third kappa shape index (κ3) is 3.57. The smallest absolute Gasteiger partial charge is 0.223 e. The summed E-state index contributed by atoms with van der Waals surface area (Å²) in [4.78, 5) is 11.8. The molecule has 1 amide bonds. The molecular formula is C15H22N2O. The van der Waals surface area contributed by atoms with E-state index in [-0.39, 0.29) is 11.8 Å². The summed E-state index contributed by atoms with van der Waals surface area (Å²) in [5.41, 5.74) is 7.90. The second-order valence-corrected chi connectivity index (χ2v) is 5.20. The number of hydrogen-bond donors (Lipinski definition) is 2. The molecule has 3 N–H and O–H groups in total. The van der Waals surface area contributed by atoms with Crippen LogP contribution in [0, 0.1) is 11.8 Å². The first-order chi connectivity index (χ1) is 8.70. The van der Waals surface area contributed by atoms with Gasteiger partial charge in [-0.1, -0.05) is 31.2 Å². The van der Waals surface area contributed by atoms with E-state index in [1.165, 1.54) is 18.4 Å². The van der Waals surface area contributed by atoms with Crippen molar-refractivity contribution in [3.63, 3.8) is 0 Å². The van der Waals surface area contributed by atoms with Crippen molar-refractivity contribution in [2.45, 2.75) is 32.7 Å². The van der Waals surface area contributed by atoms with E-state index in [9.17, 15) is 4.79 Å². The minimum atomic E-state index is 0.168. The summed E-state index contributed by atoms with van der Waals surface area (Å²) >= 11 is 0. The SMILES string of the molecule is CC(C(=O)NCc1ccc(CCN)cc1)C1CC1. The maximum Gasteiger partial charge on any atom is 0.223 e. The zero-order valence-electron chi connectivity index (χ0n) is 11.0. The van der Waals surface area contributed by atoms with Crippen LogP contribution in [0.2, 0.25) is 0 Å². The van der Waals surface area contributed by atoms with E-state index in [1.54, 1.807) is 0 Å². The number of benzene rings is 1. The number of rotatable bonds is 6. The molecule has 1 aromatic rings. The van der Waals surface area contributed by atoms with Crippen molar-refractivity contribution in [2.75, 3.05) is 6.54 Å². The van der Waals surface area contributed by atoms with E-state index in [2.05, 4.69) is 29.6 Å². The van der Waals surface area contributed by atoms with Gasteiger partial charge in [0.15, 0.2) is 0 Å². The number of carbonyl (C=O) groups excluding carboxylic acids is 1. The van der Waals surface area contributed by atoms with E-state index in [0.717, 1.165) is 12.0 Å². The minimum absolute atomic E-state index is 0.168. The normalized spacial score (nSPS) is 16.3. The summed E-state index contributed by atoms with van der Waals surface area (Å²) in [5.74, 6) is 0.974. The number of amides is 1. The lowest BCUT2D eigenvalue weighted by atomic mass is 10.1. The molecule has 1 atom stereocenters. The molecule has 1 aliphatic carbocycles. The molecule has 1 saturated carbocycles. The monoisotopic (exact) mass is 246 g/mol. The van der Waals surface area contributed by atoms with E-state index >= 15 is 0 Å². The Kier molecular flexibility index (Phi) is 4.37. The van der Waals surface area contributed by atoms with Crippen molar-refractivity contribution in [1.82, 2.24) is 5.32 Å². The third-order valence-corrected chi connectivity index (χ3v) is 3.67. The summed E-state index contributed by atoms with van der Waals surface area (Å²) in [6, 6.07) is 8.29. The predicted molar refractivity (Wildman–Crippen MR) is 72.9 cm³/mol. The lowest BCUT2D eigenvalue weighted by molar-refractivity contribution is -0.125. The van der Waals surface area contributed by atoms with Gasteiger partial charge in [0.25, 0.3) is 0 Å². The number of carbonyl (C=O) groups is 1. The Morgan fingerprint density at radius 2 is 1.94 bits per heavy atom. The quantitative estimate of drug-likeness (QED) is 0.805. The molecule has 0 heterocycles. The van der Waals surface area contributed by atoms with Crippen LogP contribution in [0.3, 0.4) is 0 Å². The Morgan fingerprint density at radius 3 is 2.50 bits per heavy atom. The Morgan fingerprint density at radius 1 is 1.33 bits per heavy atom. The fraction of sp³-hybridized carbons (Fsp3) is 0.533. The first-order valence-corrected chi connectivity index (χ1v) is 6.76. The van der Waals surface area contributed by atoms with Crippen molar-refractivity contribution in [3.8, 4) is 0 Å². The topological polar surface area (TPSA) is 55.1 Å². The van der Waals surface area contributed by atoms with Gasteiger partial charge in [-0.05, 0) is 42.9 Å². The van der Waals surface area contributed by atoms with Crippen LogP contribution in [0.4, 0.5) is 0 Å². The summed E-state index contributed by atoms with van der Waals surface area (Å²) < 4.78 is 0. The van der Waals surface area contributed by atoms with Gasteiger partial charge in [0, 0.05) is 12.5 Å². The lowest BCUT2D eigenvalue weighted by Crippen LogP contribution is -2.29. The number of nitrogens with two attached hydrogens (primary N) is 1. The summed E-state index contributed by atoms with van der Waals surface area (Å²) in [6.45, 7) is 3.32. The van der Waals surface area contributed by atoms with Crippen LogP contribution in [0.15, 0.2) is 24.3 Å². The van der Waals surface area contributed by atoms with Gasteiger partial charge in [-0.3, -0.25) is 4.79 Å². The van der Waals surface area contributed by atoms with Gasteiger partial charge in [-0.15, -0.1) is 0 Å². The van der Waals surface area contributed by atoms with Crippen LogP contribution in [-0.2, 0) is 17.8 Å². The van der Waals surface area contributed by atoms with Crippen molar-refractivity contribution in [2.24, 2.45) is 17.6 Å². The van der Waals surface area contributed by atoms with Gasteiger partial charge >= 0.3 is 0 Å². The molecule has 3 heteroatoms. The molecule has 98 valence electrons. The summed E-state index contributed by atoms with van der Waals surface area (Å²) in [5, 5.41) is 3.01. The molecule has 0 spiro atoms. The molecule has 3 nitrogen and oxygen atoms in total. The van der Waals surface area contributed by atoms with Gasteiger partial charge < -0.3 is 11.1 Å². The van der Waals surface area contributed by atoms with E-state index in [1.807, 2.05) is 6.92 Å². The Balaban J connectivity index is 1.80. The average Bonchev–Trinajstić information content (AvgIpc) is 3.21.